The van der Waals surface area contributed by atoms with E-state index in [0.29, 0.717) is 0 Å². The second-order valence-electron chi connectivity index (χ2n) is 5.17. The Morgan fingerprint density at radius 1 is 1.32 bits per heavy atom. The number of hydrogen-bond acceptors (Lipinski definition) is 2. The van der Waals surface area contributed by atoms with Crippen LogP contribution in [0.4, 0.5) is 0 Å². The molecule has 0 radical (unpaired) electrons. The van der Waals surface area contributed by atoms with E-state index >= 15 is 0 Å². The van der Waals surface area contributed by atoms with E-state index in [9.17, 15) is 0 Å². The molecule has 106 valence electrons. The zero-order valence-electron chi connectivity index (χ0n) is 12.3. The molecule has 0 heterocycles. The van der Waals surface area contributed by atoms with E-state index in [1.807, 2.05) is 25.1 Å². The minimum absolute atomic E-state index is 0.108. The van der Waals surface area contributed by atoms with E-state index < -0.39 is 0 Å². The molecule has 3 heteroatoms. The smallest absolute Gasteiger partial charge is 0.123 e. The van der Waals surface area contributed by atoms with Crippen LogP contribution in [0.5, 0.6) is 5.75 Å². The summed E-state index contributed by atoms with van der Waals surface area (Å²) in [5.74, 6) is 0.974. The SMILES string of the molecule is CCCCCCC(C)Oc1ccc(C(=N)N)c(C)c1. The fraction of sp³-hybridized carbons (Fsp3) is 0.562. The number of rotatable bonds is 8. The van der Waals surface area contributed by atoms with Crippen molar-refractivity contribution < 1.29 is 4.74 Å². The third-order valence-corrected chi connectivity index (χ3v) is 3.29. The van der Waals surface area contributed by atoms with Crippen molar-refractivity contribution in [2.75, 3.05) is 0 Å². The monoisotopic (exact) mass is 262 g/mol. The van der Waals surface area contributed by atoms with Gasteiger partial charge >= 0.3 is 0 Å². The van der Waals surface area contributed by atoms with Crippen molar-refractivity contribution in [3.05, 3.63) is 29.3 Å². The van der Waals surface area contributed by atoms with Crippen LogP contribution in [0.3, 0.4) is 0 Å². The second-order valence-corrected chi connectivity index (χ2v) is 5.17. The van der Waals surface area contributed by atoms with Crippen molar-refractivity contribution >= 4 is 5.84 Å². The summed E-state index contributed by atoms with van der Waals surface area (Å²) < 4.78 is 5.90. The van der Waals surface area contributed by atoms with Gasteiger partial charge in [0.15, 0.2) is 0 Å². The fourth-order valence-corrected chi connectivity index (χ4v) is 2.16. The van der Waals surface area contributed by atoms with Crippen LogP contribution in [0.1, 0.15) is 57.1 Å². The minimum atomic E-state index is 0.108. The molecule has 3 N–H and O–H groups in total. The number of nitrogens with one attached hydrogen (secondary N) is 1. The number of nitrogens with two attached hydrogens (primary N) is 1. The zero-order valence-corrected chi connectivity index (χ0v) is 12.3. The molecule has 0 aromatic heterocycles. The first-order valence-corrected chi connectivity index (χ1v) is 7.16. The van der Waals surface area contributed by atoms with Crippen molar-refractivity contribution in [3.8, 4) is 5.75 Å². The molecule has 0 aliphatic heterocycles. The van der Waals surface area contributed by atoms with Gasteiger partial charge < -0.3 is 10.5 Å². The summed E-state index contributed by atoms with van der Waals surface area (Å²) in [7, 11) is 0. The van der Waals surface area contributed by atoms with E-state index in [2.05, 4.69) is 13.8 Å². The van der Waals surface area contributed by atoms with Gasteiger partial charge in [-0.3, -0.25) is 5.41 Å². The summed E-state index contributed by atoms with van der Waals surface area (Å²) in [6.07, 6.45) is 6.40. The number of unbranched alkanes of at least 4 members (excludes halogenated alkanes) is 3. The first-order chi connectivity index (χ1) is 9.04. The van der Waals surface area contributed by atoms with E-state index in [1.165, 1.54) is 25.7 Å². The quantitative estimate of drug-likeness (QED) is 0.422. The Bertz CT molecular complexity index is 415. The predicted octanol–water partition coefficient (Wildman–Crippen LogP) is 4.02. The lowest BCUT2D eigenvalue weighted by Gasteiger charge is -2.16. The molecule has 3 nitrogen and oxygen atoms in total. The molecule has 1 unspecified atom stereocenters. The molecular weight excluding hydrogens is 236 g/mol. The summed E-state index contributed by atoms with van der Waals surface area (Å²) in [4.78, 5) is 0. The highest BCUT2D eigenvalue weighted by molar-refractivity contribution is 5.96. The van der Waals surface area contributed by atoms with E-state index in [0.717, 1.165) is 23.3 Å². The molecule has 0 saturated heterocycles. The van der Waals surface area contributed by atoms with Crippen LogP contribution in [0.25, 0.3) is 0 Å². The van der Waals surface area contributed by atoms with Gasteiger partial charge in [0.25, 0.3) is 0 Å². The number of ether oxygens (including phenoxy) is 1. The van der Waals surface area contributed by atoms with Gasteiger partial charge in [0.1, 0.15) is 11.6 Å². The van der Waals surface area contributed by atoms with Gasteiger partial charge in [-0.05, 0) is 50.5 Å². The Morgan fingerprint density at radius 3 is 2.63 bits per heavy atom. The second kappa shape index (κ2) is 7.82. The fourth-order valence-electron chi connectivity index (χ4n) is 2.16. The molecule has 0 amide bonds. The molecule has 1 aromatic rings. The van der Waals surface area contributed by atoms with Crippen molar-refractivity contribution in [3.63, 3.8) is 0 Å². The number of nitrogen functional groups attached to an aromatic ring is 1. The lowest BCUT2D eigenvalue weighted by atomic mass is 10.1. The predicted molar refractivity (Wildman–Crippen MR) is 81.0 cm³/mol. The standard InChI is InChI=1S/C16H26N2O/c1-4-5-6-7-8-13(3)19-14-9-10-15(16(17)18)12(2)11-14/h9-11,13H,4-8H2,1-3H3,(H3,17,18). The average molecular weight is 262 g/mol. The molecule has 0 bridgehead atoms. The van der Waals surface area contributed by atoms with Gasteiger partial charge in [-0.1, -0.05) is 26.2 Å². The van der Waals surface area contributed by atoms with Crippen molar-refractivity contribution in [2.45, 2.75) is 59.0 Å². The van der Waals surface area contributed by atoms with Crippen molar-refractivity contribution in [1.29, 1.82) is 5.41 Å². The molecule has 0 saturated carbocycles. The van der Waals surface area contributed by atoms with Gasteiger partial charge in [0.05, 0.1) is 6.10 Å². The Labute approximate surface area is 116 Å². The summed E-state index contributed by atoms with van der Waals surface area (Å²) in [5, 5.41) is 7.46. The van der Waals surface area contributed by atoms with Gasteiger partial charge in [-0.25, -0.2) is 0 Å². The van der Waals surface area contributed by atoms with Crippen LogP contribution in [-0.2, 0) is 0 Å². The van der Waals surface area contributed by atoms with Crippen molar-refractivity contribution in [2.24, 2.45) is 5.73 Å². The Hall–Kier alpha value is -1.51. The molecule has 1 aromatic carbocycles. The number of hydrogen-bond donors (Lipinski definition) is 2. The normalized spacial score (nSPS) is 12.2. The maximum Gasteiger partial charge on any atom is 0.123 e. The molecular formula is C16H26N2O. The Morgan fingerprint density at radius 2 is 2.05 bits per heavy atom. The van der Waals surface area contributed by atoms with Gasteiger partial charge in [-0.2, -0.15) is 0 Å². The largest absolute Gasteiger partial charge is 0.491 e. The summed E-state index contributed by atoms with van der Waals surface area (Å²) in [6.45, 7) is 6.29. The third-order valence-electron chi connectivity index (χ3n) is 3.29. The van der Waals surface area contributed by atoms with E-state index in [1.54, 1.807) is 0 Å². The minimum Gasteiger partial charge on any atom is -0.491 e. The Kier molecular flexibility index (Phi) is 6.40. The van der Waals surface area contributed by atoms with Crippen molar-refractivity contribution in [1.82, 2.24) is 0 Å². The highest BCUT2D eigenvalue weighted by Crippen LogP contribution is 2.19. The lowest BCUT2D eigenvalue weighted by molar-refractivity contribution is 0.206. The first kappa shape index (κ1) is 15.5. The first-order valence-electron chi connectivity index (χ1n) is 7.16. The van der Waals surface area contributed by atoms with Gasteiger partial charge in [-0.15, -0.1) is 0 Å². The van der Waals surface area contributed by atoms with Crippen LogP contribution in [0.2, 0.25) is 0 Å². The molecule has 0 spiro atoms. The topological polar surface area (TPSA) is 59.1 Å². The molecule has 19 heavy (non-hydrogen) atoms. The molecule has 0 fully saturated rings. The van der Waals surface area contributed by atoms with E-state index in [4.69, 9.17) is 15.9 Å². The Balaban J connectivity index is 2.48. The lowest BCUT2D eigenvalue weighted by Crippen LogP contribution is -2.14. The molecule has 1 atom stereocenters. The van der Waals surface area contributed by atoms with Gasteiger partial charge in [0, 0.05) is 5.56 Å². The van der Waals surface area contributed by atoms with Crippen LogP contribution >= 0.6 is 0 Å². The van der Waals surface area contributed by atoms with Gasteiger partial charge in [0.2, 0.25) is 0 Å². The number of aryl methyl sites for hydroxylation is 1. The van der Waals surface area contributed by atoms with Crippen LogP contribution in [0, 0.1) is 12.3 Å². The zero-order chi connectivity index (χ0) is 14.3. The highest BCUT2D eigenvalue weighted by Gasteiger charge is 2.07. The average Bonchev–Trinajstić information content (AvgIpc) is 2.34. The third kappa shape index (κ3) is 5.33. The maximum absolute atomic E-state index is 7.46. The van der Waals surface area contributed by atoms with Crippen LogP contribution < -0.4 is 10.5 Å². The van der Waals surface area contributed by atoms with E-state index in [-0.39, 0.29) is 11.9 Å². The summed E-state index contributed by atoms with van der Waals surface area (Å²) in [6, 6.07) is 5.71. The highest BCUT2D eigenvalue weighted by atomic mass is 16.5. The van der Waals surface area contributed by atoms with Crippen LogP contribution in [-0.4, -0.2) is 11.9 Å². The maximum atomic E-state index is 7.46. The number of amidine groups is 1. The molecule has 1 rings (SSSR count). The van der Waals surface area contributed by atoms with Crippen LogP contribution in [0.15, 0.2) is 18.2 Å². The number of benzene rings is 1. The summed E-state index contributed by atoms with van der Waals surface area (Å²) >= 11 is 0. The molecule has 0 aliphatic rings. The molecule has 0 aliphatic carbocycles. The summed E-state index contributed by atoms with van der Waals surface area (Å²) in [5.41, 5.74) is 7.27.